The SMILES string of the molecule is COCCNS(=O)(=O)c1ccc2[nH]c3c(C(N)=O)nc(OCC4CCCCC4)cc3c2c1. The summed E-state index contributed by atoms with van der Waals surface area (Å²) in [5.41, 5.74) is 6.78. The lowest BCUT2D eigenvalue weighted by molar-refractivity contribution is 0.0995. The van der Waals surface area contributed by atoms with Crippen molar-refractivity contribution in [1.29, 1.82) is 0 Å². The van der Waals surface area contributed by atoms with Crippen molar-refractivity contribution in [1.82, 2.24) is 14.7 Å². The van der Waals surface area contributed by atoms with Gasteiger partial charge in [0.15, 0.2) is 5.69 Å². The fraction of sp³-hybridized carbons (Fsp3) is 0.455. The van der Waals surface area contributed by atoms with Crippen LogP contribution in [0.15, 0.2) is 29.2 Å². The van der Waals surface area contributed by atoms with E-state index in [1.807, 2.05) is 0 Å². The number of ether oxygens (including phenoxy) is 2. The number of H-pyrrole nitrogens is 1. The smallest absolute Gasteiger partial charge is 0.269 e. The third-order valence-corrected chi connectivity index (χ3v) is 7.33. The zero-order valence-corrected chi connectivity index (χ0v) is 18.8. The first-order valence-corrected chi connectivity index (χ1v) is 12.2. The molecule has 1 amide bonds. The third-order valence-electron chi connectivity index (χ3n) is 5.87. The van der Waals surface area contributed by atoms with Crippen molar-refractivity contribution < 1.29 is 22.7 Å². The minimum Gasteiger partial charge on any atom is -0.477 e. The van der Waals surface area contributed by atoms with Crippen molar-refractivity contribution in [2.75, 3.05) is 26.9 Å². The second-order valence-corrected chi connectivity index (χ2v) is 9.90. The predicted octanol–water partition coefficient (Wildman–Crippen LogP) is 2.70. The molecule has 32 heavy (non-hydrogen) atoms. The lowest BCUT2D eigenvalue weighted by Gasteiger charge is -2.21. The molecule has 1 aliphatic rings. The van der Waals surface area contributed by atoms with Crippen LogP contribution in [0.3, 0.4) is 0 Å². The molecule has 2 heterocycles. The monoisotopic (exact) mass is 460 g/mol. The summed E-state index contributed by atoms with van der Waals surface area (Å²) in [6, 6.07) is 6.47. The quantitative estimate of drug-likeness (QED) is 0.420. The second-order valence-electron chi connectivity index (χ2n) is 8.13. The van der Waals surface area contributed by atoms with Crippen molar-refractivity contribution in [3.8, 4) is 5.88 Å². The van der Waals surface area contributed by atoms with Crippen LogP contribution in [-0.4, -0.2) is 51.2 Å². The summed E-state index contributed by atoms with van der Waals surface area (Å²) < 4.78 is 38.6. The van der Waals surface area contributed by atoms with Gasteiger partial charge in [0.1, 0.15) is 0 Å². The van der Waals surface area contributed by atoms with Crippen molar-refractivity contribution in [3.05, 3.63) is 30.0 Å². The number of primary amides is 1. The zero-order valence-electron chi connectivity index (χ0n) is 18.0. The molecular formula is C22H28N4O5S. The van der Waals surface area contributed by atoms with Gasteiger partial charge in [-0.3, -0.25) is 4.79 Å². The number of pyridine rings is 1. The molecule has 10 heteroatoms. The summed E-state index contributed by atoms with van der Waals surface area (Å²) in [5, 5.41) is 1.28. The van der Waals surface area contributed by atoms with Gasteiger partial charge < -0.3 is 20.2 Å². The second kappa shape index (κ2) is 9.43. The maximum Gasteiger partial charge on any atom is 0.269 e. The Bertz CT molecular complexity index is 1230. The maximum atomic E-state index is 12.6. The summed E-state index contributed by atoms with van der Waals surface area (Å²) >= 11 is 0. The molecule has 4 N–H and O–H groups in total. The fourth-order valence-corrected chi connectivity index (χ4v) is 5.23. The Labute approximate surface area is 186 Å². The van der Waals surface area contributed by atoms with Gasteiger partial charge in [-0.1, -0.05) is 19.3 Å². The van der Waals surface area contributed by atoms with E-state index in [2.05, 4.69) is 14.7 Å². The van der Waals surface area contributed by atoms with Crippen LogP contribution >= 0.6 is 0 Å². The summed E-state index contributed by atoms with van der Waals surface area (Å²) in [7, 11) is -2.21. The first-order valence-electron chi connectivity index (χ1n) is 10.8. The molecule has 1 saturated carbocycles. The molecule has 0 bridgehead atoms. The summed E-state index contributed by atoms with van der Waals surface area (Å²) in [6.07, 6.45) is 5.90. The number of methoxy groups -OCH3 is 1. The van der Waals surface area contributed by atoms with E-state index in [0.717, 1.165) is 12.8 Å². The van der Waals surface area contributed by atoms with Gasteiger partial charge in [0, 0.05) is 36.0 Å². The number of rotatable bonds is 9. The highest BCUT2D eigenvalue weighted by molar-refractivity contribution is 7.89. The van der Waals surface area contributed by atoms with Crippen molar-refractivity contribution in [2.24, 2.45) is 11.7 Å². The Kier molecular flexibility index (Phi) is 6.63. The van der Waals surface area contributed by atoms with E-state index in [-0.39, 0.29) is 23.7 Å². The average Bonchev–Trinajstić information content (AvgIpc) is 3.15. The van der Waals surface area contributed by atoms with Crippen molar-refractivity contribution >= 4 is 37.7 Å². The van der Waals surface area contributed by atoms with Crippen LogP contribution < -0.4 is 15.2 Å². The summed E-state index contributed by atoms with van der Waals surface area (Å²) in [4.78, 5) is 19.7. The van der Waals surface area contributed by atoms with Crippen molar-refractivity contribution in [2.45, 2.75) is 37.0 Å². The largest absolute Gasteiger partial charge is 0.477 e. The highest BCUT2D eigenvalue weighted by Gasteiger charge is 2.20. The number of nitrogens with two attached hydrogens (primary N) is 1. The van der Waals surface area contributed by atoms with Crippen LogP contribution in [0.2, 0.25) is 0 Å². The van der Waals surface area contributed by atoms with Gasteiger partial charge >= 0.3 is 0 Å². The van der Waals surface area contributed by atoms with Crippen LogP contribution in [0.1, 0.15) is 42.6 Å². The fourth-order valence-electron chi connectivity index (χ4n) is 4.19. The standard InChI is InChI=1S/C22H28N4O5S/c1-30-10-9-24-32(28,29)15-7-8-18-16(11-15)17-12-19(26-21(22(23)27)20(17)25-18)31-13-14-5-3-2-4-6-14/h7-8,11-12,14,24-25H,2-6,9-10,13H2,1H3,(H2,23,27). The highest BCUT2D eigenvalue weighted by atomic mass is 32.2. The van der Waals surface area contributed by atoms with E-state index in [9.17, 15) is 13.2 Å². The number of nitrogens with zero attached hydrogens (tertiary/aromatic N) is 1. The molecular weight excluding hydrogens is 432 g/mol. The van der Waals surface area contributed by atoms with E-state index < -0.39 is 15.9 Å². The van der Waals surface area contributed by atoms with Gasteiger partial charge in [0.25, 0.3) is 5.91 Å². The predicted molar refractivity (Wildman–Crippen MR) is 121 cm³/mol. The molecule has 3 aromatic rings. The number of amides is 1. The van der Waals surface area contributed by atoms with E-state index in [4.69, 9.17) is 15.2 Å². The average molecular weight is 461 g/mol. The molecule has 0 aliphatic heterocycles. The molecule has 4 rings (SSSR count). The van der Waals surface area contributed by atoms with E-state index in [1.165, 1.54) is 32.4 Å². The highest BCUT2D eigenvalue weighted by Crippen LogP contribution is 2.32. The van der Waals surface area contributed by atoms with Gasteiger partial charge in [-0.2, -0.15) is 0 Å². The van der Waals surface area contributed by atoms with E-state index >= 15 is 0 Å². The van der Waals surface area contributed by atoms with E-state index in [0.29, 0.717) is 40.2 Å². The topological polar surface area (TPSA) is 136 Å². The van der Waals surface area contributed by atoms with Gasteiger partial charge in [-0.15, -0.1) is 0 Å². The molecule has 1 fully saturated rings. The van der Waals surface area contributed by atoms with Crippen LogP contribution in [0.25, 0.3) is 21.8 Å². The maximum absolute atomic E-state index is 12.6. The Hall–Kier alpha value is -2.69. The van der Waals surface area contributed by atoms with Gasteiger partial charge in [-0.25, -0.2) is 18.1 Å². The number of aromatic nitrogens is 2. The molecule has 0 atom stereocenters. The van der Waals surface area contributed by atoms with Gasteiger partial charge in [-0.05, 0) is 37.0 Å². The summed E-state index contributed by atoms with van der Waals surface area (Å²) in [6.45, 7) is 0.964. The van der Waals surface area contributed by atoms with Crippen LogP contribution in [0.5, 0.6) is 5.88 Å². The van der Waals surface area contributed by atoms with Crippen LogP contribution in [0.4, 0.5) is 0 Å². The number of hydrogen-bond donors (Lipinski definition) is 3. The first-order chi connectivity index (χ1) is 15.4. The number of fused-ring (bicyclic) bond motifs is 3. The van der Waals surface area contributed by atoms with E-state index in [1.54, 1.807) is 18.2 Å². The van der Waals surface area contributed by atoms with Crippen LogP contribution in [0, 0.1) is 5.92 Å². The molecule has 1 aliphatic carbocycles. The van der Waals surface area contributed by atoms with Crippen LogP contribution in [-0.2, 0) is 14.8 Å². The molecule has 172 valence electrons. The number of sulfonamides is 1. The normalized spacial score (nSPS) is 15.4. The molecule has 0 saturated heterocycles. The Balaban J connectivity index is 1.72. The number of benzene rings is 1. The number of aromatic amines is 1. The lowest BCUT2D eigenvalue weighted by Crippen LogP contribution is -2.27. The molecule has 0 radical (unpaired) electrons. The minimum absolute atomic E-state index is 0.0694. The molecule has 1 aromatic carbocycles. The number of nitrogens with one attached hydrogen (secondary N) is 2. The lowest BCUT2D eigenvalue weighted by atomic mass is 9.90. The van der Waals surface area contributed by atoms with Gasteiger partial charge in [0.05, 0.1) is 23.6 Å². The molecule has 2 aromatic heterocycles. The Morgan fingerprint density at radius 1 is 1.22 bits per heavy atom. The Morgan fingerprint density at radius 3 is 2.72 bits per heavy atom. The minimum atomic E-state index is -3.71. The summed E-state index contributed by atoms with van der Waals surface area (Å²) in [5.74, 6) is 0.0965. The molecule has 9 nitrogen and oxygen atoms in total. The van der Waals surface area contributed by atoms with Gasteiger partial charge in [0.2, 0.25) is 15.9 Å². The number of carbonyl (C=O) groups is 1. The first kappa shape index (κ1) is 22.5. The number of hydrogen-bond acceptors (Lipinski definition) is 6. The third kappa shape index (κ3) is 4.72. The van der Waals surface area contributed by atoms with Crippen molar-refractivity contribution in [3.63, 3.8) is 0 Å². The Morgan fingerprint density at radius 2 is 2.00 bits per heavy atom. The number of carbonyl (C=O) groups excluding carboxylic acids is 1. The zero-order chi connectivity index (χ0) is 22.7. The molecule has 0 unspecified atom stereocenters. The molecule has 0 spiro atoms.